The lowest BCUT2D eigenvalue weighted by molar-refractivity contribution is -0.147. The van der Waals surface area contributed by atoms with E-state index in [0.717, 1.165) is 0 Å². The van der Waals surface area contributed by atoms with Crippen LogP contribution in [0, 0.1) is 0 Å². The van der Waals surface area contributed by atoms with Gasteiger partial charge in [-0.05, 0) is 6.42 Å². The van der Waals surface area contributed by atoms with Crippen molar-refractivity contribution in [3.63, 3.8) is 0 Å². The van der Waals surface area contributed by atoms with Gasteiger partial charge in [-0.3, -0.25) is 19.2 Å². The maximum absolute atomic E-state index is 11.9. The number of nitrogens with two attached hydrogens (primary N) is 2. The van der Waals surface area contributed by atoms with Crippen molar-refractivity contribution in [1.29, 1.82) is 0 Å². The molecule has 3 amide bonds. The molecule has 0 spiro atoms. The second kappa shape index (κ2) is 9.28. The molecule has 0 aromatic rings. The van der Waals surface area contributed by atoms with Crippen molar-refractivity contribution in [3.8, 4) is 0 Å². The number of amides is 3. The molecule has 0 aromatic heterocycles. The van der Waals surface area contributed by atoms with E-state index in [0.29, 0.717) is 0 Å². The van der Waals surface area contributed by atoms with E-state index < -0.39 is 54.7 Å². The molecule has 11 nitrogen and oxygen atoms in total. The molecule has 0 aliphatic rings. The van der Waals surface area contributed by atoms with Gasteiger partial charge in [0.1, 0.15) is 12.1 Å². The van der Waals surface area contributed by atoms with E-state index >= 15 is 0 Å². The third kappa shape index (κ3) is 7.79. The van der Waals surface area contributed by atoms with Crippen molar-refractivity contribution < 1.29 is 34.2 Å². The molecule has 0 bridgehead atoms. The second-order valence-corrected chi connectivity index (χ2v) is 4.33. The highest BCUT2D eigenvalue weighted by molar-refractivity contribution is 5.92. The summed E-state index contributed by atoms with van der Waals surface area (Å²) >= 11 is 0. The summed E-state index contributed by atoms with van der Waals surface area (Å²) in [5, 5.41) is 21.6. The maximum Gasteiger partial charge on any atom is 0.326 e. The SMILES string of the molecule is NCC(=O)NC(CCC(N)=O)C(=O)NC(CC(=O)O)C(=O)O. The topological polar surface area (TPSA) is 202 Å². The van der Waals surface area contributed by atoms with Crippen LogP contribution in [-0.2, 0) is 24.0 Å². The summed E-state index contributed by atoms with van der Waals surface area (Å²) in [4.78, 5) is 55.3. The number of nitrogens with one attached hydrogen (secondary N) is 2. The summed E-state index contributed by atoms with van der Waals surface area (Å²) < 4.78 is 0. The highest BCUT2D eigenvalue weighted by Gasteiger charge is 2.28. The zero-order valence-electron chi connectivity index (χ0n) is 11.6. The molecule has 124 valence electrons. The Morgan fingerprint density at radius 1 is 1.00 bits per heavy atom. The van der Waals surface area contributed by atoms with Gasteiger partial charge < -0.3 is 32.3 Å². The number of primary amides is 1. The van der Waals surface area contributed by atoms with Crippen LogP contribution in [0.1, 0.15) is 19.3 Å². The van der Waals surface area contributed by atoms with Crippen LogP contribution in [0.15, 0.2) is 0 Å². The maximum atomic E-state index is 11.9. The summed E-state index contributed by atoms with van der Waals surface area (Å²) in [6.45, 7) is -0.419. The Labute approximate surface area is 125 Å². The van der Waals surface area contributed by atoms with Gasteiger partial charge in [0.2, 0.25) is 17.7 Å². The Bertz CT molecular complexity index is 465. The Hall–Kier alpha value is -2.69. The molecule has 8 N–H and O–H groups in total. The van der Waals surface area contributed by atoms with Crippen LogP contribution in [-0.4, -0.2) is 58.5 Å². The first-order chi connectivity index (χ1) is 10.2. The predicted octanol–water partition coefficient (Wildman–Crippen LogP) is -3.26. The van der Waals surface area contributed by atoms with E-state index in [1.54, 1.807) is 0 Å². The molecule has 0 aromatic carbocycles. The summed E-state index contributed by atoms with van der Waals surface area (Å²) in [5.41, 5.74) is 10.0. The fourth-order valence-corrected chi connectivity index (χ4v) is 1.46. The standard InChI is InChI=1S/C11H18N4O7/c12-4-8(17)14-5(1-2-7(13)16)10(20)15-6(11(21)22)3-9(18)19/h5-6H,1-4,12H2,(H2,13,16)(H,14,17)(H,15,20)(H,18,19)(H,21,22). The Kier molecular flexibility index (Phi) is 8.15. The average Bonchev–Trinajstić information content (AvgIpc) is 2.41. The summed E-state index contributed by atoms with van der Waals surface area (Å²) in [6.07, 6.45) is -1.25. The highest BCUT2D eigenvalue weighted by atomic mass is 16.4. The Morgan fingerprint density at radius 2 is 1.59 bits per heavy atom. The number of hydrogen-bond donors (Lipinski definition) is 6. The molecule has 2 unspecified atom stereocenters. The van der Waals surface area contributed by atoms with Crippen LogP contribution in [0.4, 0.5) is 0 Å². The fraction of sp³-hybridized carbons (Fsp3) is 0.545. The highest BCUT2D eigenvalue weighted by Crippen LogP contribution is 2.00. The number of aliphatic carboxylic acids is 2. The minimum Gasteiger partial charge on any atom is -0.481 e. The molecule has 0 aliphatic heterocycles. The van der Waals surface area contributed by atoms with Gasteiger partial charge in [0.05, 0.1) is 13.0 Å². The Balaban J connectivity index is 4.90. The smallest absolute Gasteiger partial charge is 0.326 e. The zero-order valence-corrected chi connectivity index (χ0v) is 11.6. The van der Waals surface area contributed by atoms with Gasteiger partial charge in [-0.25, -0.2) is 4.79 Å². The van der Waals surface area contributed by atoms with Crippen molar-refractivity contribution in [2.45, 2.75) is 31.3 Å². The van der Waals surface area contributed by atoms with Gasteiger partial charge in [-0.2, -0.15) is 0 Å². The van der Waals surface area contributed by atoms with Crippen LogP contribution >= 0.6 is 0 Å². The Morgan fingerprint density at radius 3 is 2.00 bits per heavy atom. The van der Waals surface area contributed by atoms with Crippen molar-refractivity contribution in [2.24, 2.45) is 11.5 Å². The van der Waals surface area contributed by atoms with Crippen LogP contribution in [0.3, 0.4) is 0 Å². The van der Waals surface area contributed by atoms with E-state index in [9.17, 15) is 24.0 Å². The molecule has 0 heterocycles. The number of rotatable bonds is 10. The summed E-state index contributed by atoms with van der Waals surface area (Å²) in [6, 6.07) is -2.92. The van der Waals surface area contributed by atoms with Crippen molar-refractivity contribution in [1.82, 2.24) is 10.6 Å². The number of carboxylic acid groups (broad SMARTS) is 2. The van der Waals surface area contributed by atoms with E-state index in [-0.39, 0.29) is 12.8 Å². The normalized spacial score (nSPS) is 12.8. The van der Waals surface area contributed by atoms with Gasteiger partial charge >= 0.3 is 11.9 Å². The molecule has 0 fully saturated rings. The van der Waals surface area contributed by atoms with Gasteiger partial charge in [0.25, 0.3) is 0 Å². The lowest BCUT2D eigenvalue weighted by atomic mass is 10.1. The first kappa shape index (κ1) is 19.3. The quantitative estimate of drug-likeness (QED) is 0.241. The monoisotopic (exact) mass is 318 g/mol. The molecule has 0 saturated carbocycles. The largest absolute Gasteiger partial charge is 0.481 e. The first-order valence-corrected chi connectivity index (χ1v) is 6.20. The molecule has 2 atom stereocenters. The molecular formula is C11H18N4O7. The zero-order chi connectivity index (χ0) is 17.3. The van der Waals surface area contributed by atoms with E-state index in [4.69, 9.17) is 21.7 Å². The van der Waals surface area contributed by atoms with E-state index in [1.165, 1.54) is 0 Å². The first-order valence-electron chi connectivity index (χ1n) is 6.20. The second-order valence-electron chi connectivity index (χ2n) is 4.33. The van der Waals surface area contributed by atoms with Crippen LogP contribution in [0.25, 0.3) is 0 Å². The number of hydrogen-bond acceptors (Lipinski definition) is 6. The third-order valence-electron chi connectivity index (χ3n) is 2.51. The van der Waals surface area contributed by atoms with Crippen molar-refractivity contribution in [3.05, 3.63) is 0 Å². The molecule has 0 radical (unpaired) electrons. The van der Waals surface area contributed by atoms with Crippen LogP contribution < -0.4 is 22.1 Å². The van der Waals surface area contributed by atoms with Gasteiger partial charge in [0, 0.05) is 6.42 Å². The molecular weight excluding hydrogens is 300 g/mol. The number of carbonyl (C=O) groups excluding carboxylic acids is 3. The minimum atomic E-state index is -1.67. The van der Waals surface area contributed by atoms with Crippen molar-refractivity contribution >= 4 is 29.7 Å². The van der Waals surface area contributed by atoms with Gasteiger partial charge in [-0.1, -0.05) is 0 Å². The van der Waals surface area contributed by atoms with Gasteiger partial charge in [-0.15, -0.1) is 0 Å². The van der Waals surface area contributed by atoms with E-state index in [1.807, 2.05) is 5.32 Å². The molecule has 0 saturated heterocycles. The average molecular weight is 318 g/mol. The number of carbonyl (C=O) groups is 5. The third-order valence-corrected chi connectivity index (χ3v) is 2.51. The van der Waals surface area contributed by atoms with Crippen molar-refractivity contribution in [2.75, 3.05) is 6.54 Å². The van der Waals surface area contributed by atoms with E-state index in [2.05, 4.69) is 5.32 Å². The lowest BCUT2D eigenvalue weighted by Gasteiger charge is -2.20. The van der Waals surface area contributed by atoms with Crippen LogP contribution in [0.2, 0.25) is 0 Å². The van der Waals surface area contributed by atoms with Crippen LogP contribution in [0.5, 0.6) is 0 Å². The summed E-state index contributed by atoms with van der Waals surface area (Å²) in [7, 11) is 0. The summed E-state index contributed by atoms with van der Waals surface area (Å²) in [5.74, 6) is -5.34. The fourth-order valence-electron chi connectivity index (χ4n) is 1.46. The molecule has 22 heavy (non-hydrogen) atoms. The molecule has 0 aliphatic carbocycles. The van der Waals surface area contributed by atoms with Gasteiger partial charge in [0.15, 0.2) is 0 Å². The minimum absolute atomic E-state index is 0.174. The number of carboxylic acids is 2. The lowest BCUT2D eigenvalue weighted by Crippen LogP contribution is -2.53. The predicted molar refractivity (Wildman–Crippen MR) is 71.2 cm³/mol. The molecule has 11 heteroatoms. The molecule has 0 rings (SSSR count).